The first-order valence-corrected chi connectivity index (χ1v) is 12.2. The second-order valence-corrected chi connectivity index (χ2v) is 9.76. The first-order chi connectivity index (χ1) is 15.9. The van der Waals surface area contributed by atoms with Crippen molar-refractivity contribution in [2.24, 2.45) is 0 Å². The molecule has 2 aromatic rings. The number of hydrogen-bond donors (Lipinski definition) is 1. The van der Waals surface area contributed by atoms with E-state index in [1.807, 2.05) is 28.8 Å². The van der Waals surface area contributed by atoms with Gasteiger partial charge in [-0.05, 0) is 43.2 Å². The number of nitrogens with zero attached hydrogens (tertiary/aromatic N) is 5. The van der Waals surface area contributed by atoms with Crippen molar-refractivity contribution in [2.45, 2.75) is 44.8 Å². The van der Waals surface area contributed by atoms with Crippen LogP contribution in [-0.4, -0.2) is 78.6 Å². The summed E-state index contributed by atoms with van der Waals surface area (Å²) in [5, 5.41) is 10.5. The Hall–Kier alpha value is -3.21. The molecule has 11 heteroatoms. The fourth-order valence-corrected chi connectivity index (χ4v) is 5.55. The van der Waals surface area contributed by atoms with Gasteiger partial charge in [0.05, 0.1) is 11.9 Å². The standard InChI is InChI=1S/C22H24N6O4S/c1-13-6-8-33-9-7-26(13)22(32)17-12-28(25-24-17)15-3-2-14-11-27(21(31)16(14)10-15)18-4-5-19(29)23-20(18)30/h2-3,10,12-13,18H,4-9,11H2,1H3,(H,23,29,30). The SMILES string of the molecule is CC1CCSCCN1C(=O)c1cn(-c2ccc3c(c2)C(=O)N(C2CCC(=O)NC2=O)C3)nn1. The Bertz CT molecular complexity index is 1150. The molecular weight excluding hydrogens is 444 g/mol. The van der Waals surface area contributed by atoms with Crippen molar-refractivity contribution >= 4 is 35.4 Å². The number of fused-ring (bicyclic) bond motifs is 1. The van der Waals surface area contributed by atoms with E-state index < -0.39 is 11.9 Å². The van der Waals surface area contributed by atoms with Crippen molar-refractivity contribution in [1.82, 2.24) is 30.1 Å². The van der Waals surface area contributed by atoms with Gasteiger partial charge in [0.15, 0.2) is 5.69 Å². The van der Waals surface area contributed by atoms with Gasteiger partial charge in [0.1, 0.15) is 6.04 Å². The molecule has 172 valence electrons. The van der Waals surface area contributed by atoms with Crippen molar-refractivity contribution in [3.05, 3.63) is 41.2 Å². The second-order valence-electron chi connectivity index (χ2n) is 8.54. The van der Waals surface area contributed by atoms with Gasteiger partial charge < -0.3 is 9.80 Å². The molecule has 0 bridgehead atoms. The van der Waals surface area contributed by atoms with E-state index >= 15 is 0 Å². The van der Waals surface area contributed by atoms with Crippen LogP contribution in [0.4, 0.5) is 0 Å². The van der Waals surface area contributed by atoms with E-state index in [0.717, 1.165) is 23.5 Å². The fraction of sp³-hybridized carbons (Fsp3) is 0.455. The Morgan fingerprint density at radius 3 is 2.85 bits per heavy atom. The lowest BCUT2D eigenvalue weighted by atomic mass is 10.0. The van der Waals surface area contributed by atoms with Gasteiger partial charge in [-0.2, -0.15) is 11.8 Å². The first kappa shape index (κ1) is 21.6. The number of amides is 4. The minimum atomic E-state index is -0.657. The van der Waals surface area contributed by atoms with Crippen LogP contribution >= 0.6 is 11.8 Å². The summed E-state index contributed by atoms with van der Waals surface area (Å²) in [6, 6.07) is 4.83. The molecule has 0 spiro atoms. The topological polar surface area (TPSA) is 118 Å². The van der Waals surface area contributed by atoms with Crippen LogP contribution < -0.4 is 5.32 Å². The van der Waals surface area contributed by atoms with E-state index in [1.165, 1.54) is 9.58 Å². The van der Waals surface area contributed by atoms with E-state index in [9.17, 15) is 19.2 Å². The van der Waals surface area contributed by atoms with Crippen LogP contribution in [0.15, 0.2) is 24.4 Å². The molecule has 0 radical (unpaired) electrons. The van der Waals surface area contributed by atoms with Crippen molar-refractivity contribution < 1.29 is 19.2 Å². The smallest absolute Gasteiger partial charge is 0.276 e. The van der Waals surface area contributed by atoms with Crippen molar-refractivity contribution in [1.29, 1.82) is 0 Å². The number of imide groups is 1. The third-order valence-corrected chi connectivity index (χ3v) is 7.43. The van der Waals surface area contributed by atoms with E-state index in [-0.39, 0.29) is 35.9 Å². The highest BCUT2D eigenvalue weighted by Crippen LogP contribution is 2.29. The molecule has 5 rings (SSSR count). The zero-order valence-electron chi connectivity index (χ0n) is 18.2. The molecule has 2 saturated heterocycles. The zero-order chi connectivity index (χ0) is 23.1. The Labute approximate surface area is 194 Å². The molecule has 10 nitrogen and oxygen atoms in total. The van der Waals surface area contributed by atoms with E-state index in [1.54, 1.807) is 12.3 Å². The molecule has 3 aliphatic rings. The summed E-state index contributed by atoms with van der Waals surface area (Å²) < 4.78 is 1.49. The number of carbonyl (C=O) groups excluding carboxylic acids is 4. The Kier molecular flexibility index (Phi) is 5.65. The molecule has 2 unspecified atom stereocenters. The summed E-state index contributed by atoms with van der Waals surface area (Å²) in [6.07, 6.45) is 3.07. The van der Waals surface area contributed by atoms with Crippen molar-refractivity contribution in [3.8, 4) is 5.69 Å². The molecule has 2 fully saturated rings. The summed E-state index contributed by atoms with van der Waals surface area (Å²) >= 11 is 1.85. The molecule has 2 atom stereocenters. The quantitative estimate of drug-likeness (QED) is 0.668. The molecular formula is C22H24N6O4S. The highest BCUT2D eigenvalue weighted by molar-refractivity contribution is 7.99. The lowest BCUT2D eigenvalue weighted by Gasteiger charge is -2.29. The number of aromatic nitrogens is 3. The highest BCUT2D eigenvalue weighted by atomic mass is 32.2. The molecule has 1 aromatic heterocycles. The van der Waals surface area contributed by atoms with Gasteiger partial charge >= 0.3 is 0 Å². The summed E-state index contributed by atoms with van der Waals surface area (Å²) in [5.74, 6) is 0.796. The van der Waals surface area contributed by atoms with Crippen LogP contribution in [0, 0.1) is 0 Å². The lowest BCUT2D eigenvalue weighted by Crippen LogP contribution is -2.52. The Morgan fingerprint density at radius 1 is 1.18 bits per heavy atom. The van der Waals surface area contributed by atoms with Gasteiger partial charge in [0, 0.05) is 36.9 Å². The molecule has 0 saturated carbocycles. The summed E-state index contributed by atoms with van der Waals surface area (Å²) in [5.41, 5.74) is 2.17. The summed E-state index contributed by atoms with van der Waals surface area (Å²) in [7, 11) is 0. The molecule has 3 aliphatic heterocycles. The monoisotopic (exact) mass is 468 g/mol. The van der Waals surface area contributed by atoms with Crippen LogP contribution in [0.3, 0.4) is 0 Å². The Balaban J connectivity index is 1.35. The molecule has 33 heavy (non-hydrogen) atoms. The van der Waals surface area contributed by atoms with Gasteiger partial charge in [-0.3, -0.25) is 24.5 Å². The maximum absolute atomic E-state index is 13.0. The lowest BCUT2D eigenvalue weighted by molar-refractivity contribution is -0.136. The van der Waals surface area contributed by atoms with Crippen LogP contribution in [0.5, 0.6) is 0 Å². The maximum Gasteiger partial charge on any atom is 0.276 e. The number of piperidine rings is 1. The number of thioether (sulfide) groups is 1. The highest BCUT2D eigenvalue weighted by Gasteiger charge is 2.39. The van der Waals surface area contributed by atoms with Crippen molar-refractivity contribution in [2.75, 3.05) is 18.1 Å². The van der Waals surface area contributed by atoms with Crippen LogP contribution in [-0.2, 0) is 16.1 Å². The van der Waals surface area contributed by atoms with E-state index in [2.05, 4.69) is 22.6 Å². The van der Waals surface area contributed by atoms with Gasteiger partial charge in [0.25, 0.3) is 11.8 Å². The molecule has 0 aliphatic carbocycles. The molecule has 1 N–H and O–H groups in total. The summed E-state index contributed by atoms with van der Waals surface area (Å²) in [4.78, 5) is 53.1. The van der Waals surface area contributed by atoms with Gasteiger partial charge in [0.2, 0.25) is 11.8 Å². The van der Waals surface area contributed by atoms with Gasteiger partial charge in [-0.25, -0.2) is 4.68 Å². The number of benzene rings is 1. The third-order valence-electron chi connectivity index (χ3n) is 6.44. The summed E-state index contributed by atoms with van der Waals surface area (Å²) in [6.45, 7) is 3.04. The number of hydrogen-bond acceptors (Lipinski definition) is 7. The first-order valence-electron chi connectivity index (χ1n) is 11.0. The maximum atomic E-state index is 13.0. The number of nitrogens with one attached hydrogen (secondary N) is 1. The molecule has 4 amide bonds. The minimum absolute atomic E-state index is 0.141. The predicted octanol–water partition coefficient (Wildman–Crippen LogP) is 0.996. The largest absolute Gasteiger partial charge is 0.334 e. The second kappa shape index (κ2) is 8.62. The van der Waals surface area contributed by atoms with Crippen LogP contribution in [0.1, 0.15) is 52.6 Å². The van der Waals surface area contributed by atoms with E-state index in [0.29, 0.717) is 30.8 Å². The molecule has 1 aromatic carbocycles. The van der Waals surface area contributed by atoms with Crippen molar-refractivity contribution in [3.63, 3.8) is 0 Å². The number of rotatable bonds is 3. The van der Waals surface area contributed by atoms with Crippen LogP contribution in [0.2, 0.25) is 0 Å². The average Bonchev–Trinajstić information content (AvgIpc) is 3.34. The minimum Gasteiger partial charge on any atom is -0.334 e. The number of carbonyl (C=O) groups is 4. The van der Waals surface area contributed by atoms with Gasteiger partial charge in [-0.15, -0.1) is 5.10 Å². The normalized spacial score (nSPS) is 23.4. The predicted molar refractivity (Wildman–Crippen MR) is 120 cm³/mol. The van der Waals surface area contributed by atoms with Crippen LogP contribution in [0.25, 0.3) is 5.69 Å². The zero-order valence-corrected chi connectivity index (χ0v) is 19.0. The fourth-order valence-electron chi connectivity index (χ4n) is 4.52. The third kappa shape index (κ3) is 4.01. The van der Waals surface area contributed by atoms with E-state index in [4.69, 9.17) is 0 Å². The Morgan fingerprint density at radius 2 is 2.03 bits per heavy atom. The van der Waals surface area contributed by atoms with Gasteiger partial charge in [-0.1, -0.05) is 11.3 Å². The average molecular weight is 469 g/mol. The molecule has 4 heterocycles.